The smallest absolute Gasteiger partial charge is 0.475 e. The molecule has 3 rings (SSSR count). The van der Waals surface area contributed by atoms with Crippen molar-refractivity contribution in [3.63, 3.8) is 0 Å². The fraction of sp³-hybridized carbons (Fsp3) is 0.737. The Morgan fingerprint density at radius 1 is 1.31 bits per heavy atom. The zero-order valence-electron chi connectivity index (χ0n) is 16.6. The zero-order valence-corrected chi connectivity index (χ0v) is 17.4. The molecule has 2 saturated heterocycles. The molecule has 0 aliphatic carbocycles. The van der Waals surface area contributed by atoms with Crippen LogP contribution in [0.1, 0.15) is 56.7 Å². The summed E-state index contributed by atoms with van der Waals surface area (Å²) in [6.45, 7) is 6.58. The predicted molar refractivity (Wildman–Crippen MR) is 104 cm³/mol. The number of likely N-dealkylation sites (tertiary alicyclic amines) is 2. The molecule has 1 atom stereocenters. The number of carbonyl (C=O) groups is 2. The Morgan fingerprint density at radius 2 is 2.03 bits per heavy atom. The van der Waals surface area contributed by atoms with Gasteiger partial charge in [-0.05, 0) is 45.2 Å². The normalized spacial score (nSPS) is 23.0. The summed E-state index contributed by atoms with van der Waals surface area (Å²) in [5.74, 6) is -2.41. The van der Waals surface area contributed by atoms with Gasteiger partial charge in [0.05, 0.1) is 12.1 Å². The molecule has 1 amide bonds. The Morgan fingerprint density at radius 3 is 2.62 bits per heavy atom. The van der Waals surface area contributed by atoms with Crippen LogP contribution < -0.4 is 0 Å². The first-order valence-electron chi connectivity index (χ1n) is 9.88. The van der Waals surface area contributed by atoms with Crippen molar-refractivity contribution in [1.29, 1.82) is 0 Å². The fourth-order valence-corrected chi connectivity index (χ4v) is 4.55. The molecule has 0 bridgehead atoms. The third-order valence-electron chi connectivity index (χ3n) is 5.56. The number of halogens is 3. The molecule has 0 radical (unpaired) electrons. The molecule has 1 aromatic heterocycles. The van der Waals surface area contributed by atoms with Gasteiger partial charge in [-0.25, -0.2) is 4.79 Å². The molecular weight excluding hydrogens is 407 g/mol. The molecule has 2 fully saturated rings. The van der Waals surface area contributed by atoms with E-state index >= 15 is 0 Å². The van der Waals surface area contributed by atoms with Gasteiger partial charge in [0.25, 0.3) is 0 Å². The predicted octanol–water partition coefficient (Wildman–Crippen LogP) is 3.92. The van der Waals surface area contributed by atoms with E-state index in [1.165, 1.54) is 43.6 Å². The van der Waals surface area contributed by atoms with Crippen LogP contribution in [0.25, 0.3) is 0 Å². The minimum absolute atomic E-state index is 0.113. The number of nitrogens with zero attached hydrogens (tertiary/aromatic N) is 3. The quantitative estimate of drug-likeness (QED) is 0.759. The van der Waals surface area contributed by atoms with E-state index in [1.54, 1.807) is 11.3 Å². The van der Waals surface area contributed by atoms with Crippen molar-refractivity contribution in [2.24, 2.45) is 0 Å². The van der Waals surface area contributed by atoms with Crippen molar-refractivity contribution in [3.05, 3.63) is 16.6 Å². The van der Waals surface area contributed by atoms with Crippen LogP contribution in [0.15, 0.2) is 11.7 Å². The Balaban J connectivity index is 0.000000370. The van der Waals surface area contributed by atoms with E-state index in [1.807, 2.05) is 11.7 Å². The summed E-state index contributed by atoms with van der Waals surface area (Å²) in [6.07, 6.45) is 4.68. The summed E-state index contributed by atoms with van der Waals surface area (Å²) in [5.41, 5.74) is 1.98. The molecule has 0 saturated carbocycles. The van der Waals surface area contributed by atoms with E-state index in [0.29, 0.717) is 5.91 Å². The van der Waals surface area contributed by atoms with Gasteiger partial charge in [0, 0.05) is 29.6 Å². The maximum absolute atomic E-state index is 12.4. The number of aliphatic carboxylic acids is 1. The van der Waals surface area contributed by atoms with Crippen molar-refractivity contribution in [2.45, 2.75) is 70.1 Å². The third-order valence-corrected chi connectivity index (χ3v) is 6.32. The highest BCUT2D eigenvalue weighted by Gasteiger charge is 2.45. The van der Waals surface area contributed by atoms with E-state index < -0.39 is 12.1 Å². The molecule has 1 unspecified atom stereocenters. The standard InChI is InChI=1S/C17H27N3OS.C2HF3O2/c1-2-3-9-19-10-4-6-17(8-11-19)7-5-16(21)20(17)13-15-12-18-14-22-15;3-2(4,5)1(6)7/h12,14H,2-11,13H2,1H3;(H,6,7). The van der Waals surface area contributed by atoms with Gasteiger partial charge in [-0.1, -0.05) is 13.3 Å². The number of carboxylic acid groups (broad SMARTS) is 1. The van der Waals surface area contributed by atoms with Crippen LogP contribution in [0, 0.1) is 0 Å². The Hall–Kier alpha value is -1.68. The summed E-state index contributed by atoms with van der Waals surface area (Å²) in [4.78, 5) is 31.5. The molecule has 29 heavy (non-hydrogen) atoms. The second-order valence-corrected chi connectivity index (χ2v) is 8.49. The first kappa shape index (κ1) is 23.6. The first-order valence-corrected chi connectivity index (χ1v) is 10.8. The van der Waals surface area contributed by atoms with Gasteiger partial charge in [0.2, 0.25) is 5.91 Å². The van der Waals surface area contributed by atoms with Gasteiger partial charge in [-0.15, -0.1) is 11.3 Å². The summed E-state index contributed by atoms with van der Waals surface area (Å²) in [5, 5.41) is 7.12. The molecule has 10 heteroatoms. The largest absolute Gasteiger partial charge is 0.490 e. The van der Waals surface area contributed by atoms with Crippen LogP contribution in [0.4, 0.5) is 13.2 Å². The van der Waals surface area contributed by atoms with Crippen LogP contribution in [-0.2, 0) is 16.1 Å². The second-order valence-electron chi connectivity index (χ2n) is 7.52. The van der Waals surface area contributed by atoms with Crippen molar-refractivity contribution < 1.29 is 27.9 Å². The number of amides is 1. The Labute approximate surface area is 172 Å². The van der Waals surface area contributed by atoms with Crippen molar-refractivity contribution in [2.75, 3.05) is 19.6 Å². The molecule has 1 aromatic rings. The van der Waals surface area contributed by atoms with Crippen molar-refractivity contribution in [3.8, 4) is 0 Å². The molecule has 2 aliphatic heterocycles. The third kappa shape index (κ3) is 6.67. The van der Waals surface area contributed by atoms with Gasteiger partial charge >= 0.3 is 12.1 Å². The molecular formula is C19H28F3N3O3S. The van der Waals surface area contributed by atoms with Crippen molar-refractivity contribution >= 4 is 23.2 Å². The Bertz CT molecular complexity index is 669. The molecule has 6 nitrogen and oxygen atoms in total. The van der Waals surface area contributed by atoms with E-state index in [9.17, 15) is 18.0 Å². The number of aromatic nitrogens is 1. The number of rotatable bonds is 5. The van der Waals surface area contributed by atoms with Crippen LogP contribution in [0.5, 0.6) is 0 Å². The summed E-state index contributed by atoms with van der Waals surface area (Å²) in [6, 6.07) is 0. The zero-order chi connectivity index (χ0) is 21.5. The van der Waals surface area contributed by atoms with Gasteiger partial charge < -0.3 is 14.9 Å². The summed E-state index contributed by atoms with van der Waals surface area (Å²) in [7, 11) is 0. The number of carboxylic acids is 1. The maximum atomic E-state index is 12.4. The van der Waals surface area contributed by atoms with Gasteiger partial charge in [-0.2, -0.15) is 13.2 Å². The minimum atomic E-state index is -5.08. The second kappa shape index (κ2) is 10.4. The average Bonchev–Trinajstić information content (AvgIpc) is 3.21. The Kier molecular flexibility index (Phi) is 8.45. The highest BCUT2D eigenvalue weighted by Crippen LogP contribution is 2.40. The van der Waals surface area contributed by atoms with E-state index in [4.69, 9.17) is 9.90 Å². The molecule has 3 heterocycles. The monoisotopic (exact) mass is 435 g/mol. The van der Waals surface area contributed by atoms with E-state index in [0.717, 1.165) is 32.4 Å². The van der Waals surface area contributed by atoms with Crippen LogP contribution in [-0.4, -0.2) is 63.1 Å². The average molecular weight is 436 g/mol. The minimum Gasteiger partial charge on any atom is -0.475 e. The van der Waals surface area contributed by atoms with Gasteiger partial charge in [0.15, 0.2) is 0 Å². The molecule has 0 aromatic carbocycles. The van der Waals surface area contributed by atoms with Crippen molar-refractivity contribution in [1.82, 2.24) is 14.8 Å². The van der Waals surface area contributed by atoms with Crippen LogP contribution in [0.3, 0.4) is 0 Å². The summed E-state index contributed by atoms with van der Waals surface area (Å²) >= 11 is 1.66. The lowest BCUT2D eigenvalue weighted by Gasteiger charge is -2.38. The van der Waals surface area contributed by atoms with Gasteiger partial charge in [-0.3, -0.25) is 9.78 Å². The number of alkyl halides is 3. The lowest BCUT2D eigenvalue weighted by molar-refractivity contribution is -0.192. The molecule has 164 valence electrons. The number of hydrogen-bond donors (Lipinski definition) is 1. The highest BCUT2D eigenvalue weighted by molar-refractivity contribution is 7.09. The molecule has 1 N–H and O–H groups in total. The lowest BCUT2D eigenvalue weighted by atomic mass is 9.87. The highest BCUT2D eigenvalue weighted by atomic mass is 32.1. The van der Waals surface area contributed by atoms with Crippen LogP contribution >= 0.6 is 11.3 Å². The number of carbonyl (C=O) groups excluding carboxylic acids is 1. The first-order chi connectivity index (χ1) is 13.7. The number of unbranched alkanes of at least 4 members (excludes halogenated alkanes) is 1. The van der Waals surface area contributed by atoms with E-state index in [-0.39, 0.29) is 5.54 Å². The SMILES string of the molecule is CCCCN1CCCC2(CCC(=O)N2Cc2cncs2)CC1.O=C(O)C(F)(F)F. The molecule has 1 spiro atoms. The maximum Gasteiger partial charge on any atom is 0.490 e. The van der Waals surface area contributed by atoms with Gasteiger partial charge in [0.1, 0.15) is 0 Å². The fourth-order valence-electron chi connectivity index (χ4n) is 3.97. The van der Waals surface area contributed by atoms with Crippen LogP contribution in [0.2, 0.25) is 0 Å². The topological polar surface area (TPSA) is 73.7 Å². The summed E-state index contributed by atoms with van der Waals surface area (Å²) < 4.78 is 31.7. The lowest BCUT2D eigenvalue weighted by Crippen LogP contribution is -2.45. The number of hydrogen-bond acceptors (Lipinski definition) is 5. The number of thiazole rings is 1. The molecule has 2 aliphatic rings. The van der Waals surface area contributed by atoms with E-state index in [2.05, 4.69) is 21.7 Å².